The normalized spacial score (nSPS) is 11.6. The lowest BCUT2D eigenvalue weighted by Gasteiger charge is -2.10. The van der Waals surface area contributed by atoms with E-state index in [4.69, 9.17) is 19.4 Å². The minimum Gasteiger partial charge on any atom is -0.456 e. The van der Waals surface area contributed by atoms with E-state index in [1.54, 1.807) is 0 Å². The van der Waals surface area contributed by atoms with Crippen LogP contribution in [0.3, 0.4) is 0 Å². The molecule has 0 unspecified atom stereocenters. The van der Waals surface area contributed by atoms with Crippen molar-refractivity contribution in [2.24, 2.45) is 0 Å². The molecular weight excluding hydrogens is 703 g/mol. The maximum absolute atomic E-state index is 6.35. The van der Waals surface area contributed by atoms with E-state index in [0.717, 1.165) is 55.3 Å². The number of hydrogen-bond donors (Lipinski definition) is 0. The van der Waals surface area contributed by atoms with Crippen LogP contribution in [0.2, 0.25) is 0 Å². The van der Waals surface area contributed by atoms with Crippen LogP contribution in [0.25, 0.3) is 110 Å². The summed E-state index contributed by atoms with van der Waals surface area (Å²) in [6.07, 6.45) is 0. The zero-order chi connectivity index (χ0) is 37.0. The molecule has 0 fully saturated rings. The van der Waals surface area contributed by atoms with Crippen LogP contribution in [0.1, 0.15) is 0 Å². The summed E-state index contributed by atoms with van der Waals surface area (Å²) in [4.78, 5) is 14.8. The standard InChI is InChI=1S/C51H31N3OS/c1-3-11-34(12-4-1)49-52-50(35-13-5-2-6-14-35)54-51(53-49)39-16-9-15-36(29-39)38-26-28-46-44(31-38)43-30-37(25-27-45(43)55-46)32-21-23-33(24-22-32)40-18-10-19-42-41-17-7-8-20-47(41)56-48(40)42/h1-31H. The Kier molecular flexibility index (Phi) is 7.64. The SMILES string of the molecule is c1ccc(-c2nc(-c3ccccc3)nc(-c3cccc(-c4ccc5oc6ccc(-c7ccc(-c8cccc9c8sc8ccccc89)cc7)cc6c5c4)c3)n2)cc1. The summed E-state index contributed by atoms with van der Waals surface area (Å²) in [5.41, 5.74) is 11.5. The molecule has 5 heteroatoms. The molecule has 4 nitrogen and oxygen atoms in total. The molecule has 0 radical (unpaired) electrons. The molecule has 0 saturated heterocycles. The third kappa shape index (κ3) is 5.65. The third-order valence-electron chi connectivity index (χ3n) is 10.6. The molecular formula is C51H31N3OS. The summed E-state index contributed by atoms with van der Waals surface area (Å²) in [6.45, 7) is 0. The average Bonchev–Trinajstić information content (AvgIpc) is 3.85. The predicted molar refractivity (Wildman–Crippen MR) is 233 cm³/mol. The molecule has 3 aromatic heterocycles. The number of fused-ring (bicyclic) bond motifs is 6. The summed E-state index contributed by atoms with van der Waals surface area (Å²) >= 11 is 1.87. The van der Waals surface area contributed by atoms with Crippen LogP contribution >= 0.6 is 11.3 Å². The Morgan fingerprint density at radius 1 is 0.321 bits per heavy atom. The number of aromatic nitrogens is 3. The van der Waals surface area contributed by atoms with E-state index in [1.807, 2.05) is 72.0 Å². The maximum atomic E-state index is 6.35. The van der Waals surface area contributed by atoms with Crippen molar-refractivity contribution in [3.63, 3.8) is 0 Å². The van der Waals surface area contributed by atoms with E-state index >= 15 is 0 Å². The van der Waals surface area contributed by atoms with Gasteiger partial charge in [0.15, 0.2) is 17.5 Å². The Morgan fingerprint density at radius 2 is 0.804 bits per heavy atom. The fourth-order valence-electron chi connectivity index (χ4n) is 7.73. The molecule has 0 N–H and O–H groups in total. The quantitative estimate of drug-likeness (QED) is 0.171. The van der Waals surface area contributed by atoms with Crippen molar-refractivity contribution in [2.75, 3.05) is 0 Å². The van der Waals surface area contributed by atoms with Crippen LogP contribution in [0.5, 0.6) is 0 Å². The van der Waals surface area contributed by atoms with Gasteiger partial charge in [0.2, 0.25) is 0 Å². The van der Waals surface area contributed by atoms with Gasteiger partial charge in [0.1, 0.15) is 11.2 Å². The second-order valence-corrected chi connectivity index (χ2v) is 15.1. The van der Waals surface area contributed by atoms with E-state index in [-0.39, 0.29) is 0 Å². The zero-order valence-electron chi connectivity index (χ0n) is 30.1. The first kappa shape index (κ1) is 32.2. The molecule has 0 aliphatic carbocycles. The van der Waals surface area contributed by atoms with Gasteiger partial charge in [-0.25, -0.2) is 15.0 Å². The number of nitrogens with zero attached hydrogens (tertiary/aromatic N) is 3. The Balaban J connectivity index is 0.948. The van der Waals surface area contributed by atoms with Crippen LogP contribution < -0.4 is 0 Å². The van der Waals surface area contributed by atoms with E-state index in [0.29, 0.717) is 17.5 Å². The van der Waals surface area contributed by atoms with Crippen molar-refractivity contribution in [3.05, 3.63) is 188 Å². The Hall–Kier alpha value is -7.21. The van der Waals surface area contributed by atoms with Crippen molar-refractivity contribution in [3.8, 4) is 67.5 Å². The Labute approximate surface area is 327 Å². The van der Waals surface area contributed by atoms with Crippen LogP contribution in [-0.2, 0) is 0 Å². The molecule has 0 bridgehead atoms. The van der Waals surface area contributed by atoms with Gasteiger partial charge in [-0.15, -0.1) is 11.3 Å². The largest absolute Gasteiger partial charge is 0.456 e. The van der Waals surface area contributed by atoms with Gasteiger partial charge in [-0.3, -0.25) is 0 Å². The van der Waals surface area contributed by atoms with Gasteiger partial charge in [0, 0.05) is 47.6 Å². The lowest BCUT2D eigenvalue weighted by molar-refractivity contribution is 0.669. The highest BCUT2D eigenvalue weighted by Gasteiger charge is 2.15. The van der Waals surface area contributed by atoms with Gasteiger partial charge in [0.25, 0.3) is 0 Å². The molecule has 56 heavy (non-hydrogen) atoms. The lowest BCUT2D eigenvalue weighted by atomic mass is 9.97. The zero-order valence-corrected chi connectivity index (χ0v) is 30.9. The minimum absolute atomic E-state index is 0.630. The Morgan fingerprint density at radius 3 is 1.48 bits per heavy atom. The number of furan rings is 1. The molecule has 8 aromatic carbocycles. The summed E-state index contributed by atoms with van der Waals surface area (Å²) in [5, 5.41) is 4.80. The van der Waals surface area contributed by atoms with E-state index in [9.17, 15) is 0 Å². The molecule has 11 aromatic rings. The number of benzene rings is 8. The molecule has 262 valence electrons. The number of hydrogen-bond acceptors (Lipinski definition) is 5. The molecule has 0 amide bonds. The summed E-state index contributed by atoms with van der Waals surface area (Å²) in [5.74, 6) is 1.92. The first-order chi connectivity index (χ1) is 27.7. The van der Waals surface area contributed by atoms with Crippen molar-refractivity contribution in [2.45, 2.75) is 0 Å². The van der Waals surface area contributed by atoms with Crippen LogP contribution in [0.15, 0.2) is 192 Å². The molecule has 0 spiro atoms. The maximum Gasteiger partial charge on any atom is 0.164 e. The molecule has 11 rings (SSSR count). The highest BCUT2D eigenvalue weighted by atomic mass is 32.1. The third-order valence-corrected chi connectivity index (χ3v) is 11.8. The van der Waals surface area contributed by atoms with Gasteiger partial charge in [0.05, 0.1) is 0 Å². The smallest absolute Gasteiger partial charge is 0.164 e. The first-order valence-electron chi connectivity index (χ1n) is 18.7. The molecule has 0 saturated carbocycles. The highest BCUT2D eigenvalue weighted by Crippen LogP contribution is 2.41. The van der Waals surface area contributed by atoms with Gasteiger partial charge in [-0.05, 0) is 69.8 Å². The van der Waals surface area contributed by atoms with Crippen LogP contribution in [0.4, 0.5) is 0 Å². The van der Waals surface area contributed by atoms with Crippen LogP contribution in [-0.4, -0.2) is 15.0 Å². The number of rotatable bonds is 6. The highest BCUT2D eigenvalue weighted by molar-refractivity contribution is 7.26. The second kappa shape index (κ2) is 13.3. The van der Waals surface area contributed by atoms with E-state index in [1.165, 1.54) is 36.9 Å². The predicted octanol–water partition coefficient (Wildman–Crippen LogP) is 14.1. The van der Waals surface area contributed by atoms with Crippen LogP contribution in [0, 0.1) is 0 Å². The molecule has 0 aliphatic rings. The minimum atomic E-state index is 0.630. The van der Waals surface area contributed by atoms with Crippen molar-refractivity contribution >= 4 is 53.4 Å². The number of thiophene rings is 1. The fraction of sp³-hybridized carbons (Fsp3) is 0. The topological polar surface area (TPSA) is 51.8 Å². The average molecular weight is 734 g/mol. The van der Waals surface area contributed by atoms with Gasteiger partial charge >= 0.3 is 0 Å². The van der Waals surface area contributed by atoms with Crippen molar-refractivity contribution in [1.82, 2.24) is 15.0 Å². The molecule has 3 heterocycles. The van der Waals surface area contributed by atoms with E-state index < -0.39 is 0 Å². The van der Waals surface area contributed by atoms with Gasteiger partial charge < -0.3 is 4.42 Å². The van der Waals surface area contributed by atoms with Gasteiger partial charge in [-0.2, -0.15) is 0 Å². The monoisotopic (exact) mass is 733 g/mol. The van der Waals surface area contributed by atoms with E-state index in [2.05, 4.69) is 127 Å². The fourth-order valence-corrected chi connectivity index (χ4v) is 8.97. The first-order valence-corrected chi connectivity index (χ1v) is 19.5. The van der Waals surface area contributed by atoms with Crippen molar-refractivity contribution in [1.29, 1.82) is 0 Å². The lowest BCUT2D eigenvalue weighted by Crippen LogP contribution is -2.00. The summed E-state index contributed by atoms with van der Waals surface area (Å²) in [7, 11) is 0. The Bertz CT molecular complexity index is 3180. The van der Waals surface area contributed by atoms with Gasteiger partial charge in [-0.1, -0.05) is 152 Å². The summed E-state index contributed by atoms with van der Waals surface area (Å²) < 4.78 is 9.00. The second-order valence-electron chi connectivity index (χ2n) is 14.0. The summed E-state index contributed by atoms with van der Waals surface area (Å²) in [6, 6.07) is 65.8. The molecule has 0 aliphatic heterocycles. The molecule has 0 atom stereocenters. The van der Waals surface area contributed by atoms with Crippen molar-refractivity contribution < 1.29 is 4.42 Å².